The van der Waals surface area contributed by atoms with Crippen LogP contribution >= 0.6 is 0 Å². The molecule has 146 valence electrons. The number of hydrogen-bond acceptors (Lipinski definition) is 0. The summed E-state index contributed by atoms with van der Waals surface area (Å²) < 4.78 is 0. The minimum absolute atomic E-state index is 0. The molecule has 2 aromatic rings. The van der Waals surface area contributed by atoms with E-state index in [1.54, 1.807) is 23.3 Å². The van der Waals surface area contributed by atoms with Gasteiger partial charge in [0.15, 0.2) is 0 Å². The Labute approximate surface area is 198 Å². The van der Waals surface area contributed by atoms with Gasteiger partial charge >= 0.3 is 41.9 Å². The Kier molecular flexibility index (Phi) is 9.68. The number of hydrogen-bond donors (Lipinski definition) is 0. The maximum atomic E-state index is 3.69. The molecular weight excluding hydrogens is 478 g/mol. The molecule has 28 heavy (non-hydrogen) atoms. The predicted octanol–water partition coefficient (Wildman–Crippen LogP) is 0.476. The summed E-state index contributed by atoms with van der Waals surface area (Å²) in [6.45, 7) is 11.4. The standard InChI is InChI=1S/C22H21.C2H6Si.2ClH.Zr/c1-22(2,3)19-10-8-16(14-19)15-9-11-21-18(12-15)13-17-6-4-5-7-20(17)21;1-3-2;;;/h4-11,14,16H,13H2,1-3H3;1-2H3;2*1H;/q-1;;;;+2/p-2. The molecule has 2 aliphatic rings. The molecule has 0 N–H and O–H groups in total. The fraction of sp³-hybridized carbons (Fsp3) is 0.333. The molecule has 0 saturated heterocycles. The van der Waals surface area contributed by atoms with Gasteiger partial charge in [0.2, 0.25) is 0 Å². The first-order valence-corrected chi connectivity index (χ1v) is 15.5. The van der Waals surface area contributed by atoms with Crippen LogP contribution in [0, 0.1) is 11.5 Å². The van der Waals surface area contributed by atoms with Crippen LogP contribution in [0.1, 0.15) is 43.4 Å². The fourth-order valence-electron chi connectivity index (χ4n) is 3.48. The number of halogens is 2. The molecule has 0 fully saturated rings. The van der Waals surface area contributed by atoms with Gasteiger partial charge in [-0.2, -0.15) is 23.8 Å². The van der Waals surface area contributed by atoms with Gasteiger partial charge in [0.25, 0.3) is 0 Å². The first-order valence-electron chi connectivity index (χ1n) is 9.31. The zero-order chi connectivity index (χ0) is 18.9. The minimum atomic E-state index is 0. The van der Waals surface area contributed by atoms with Gasteiger partial charge in [-0.15, -0.1) is 11.1 Å². The number of benzene rings is 2. The minimum Gasteiger partial charge on any atom is -1.00 e. The maximum Gasteiger partial charge on any atom is -1.00 e. The molecule has 0 aliphatic heterocycles. The molecular formula is C24H27Cl2SiZr-. The Balaban J connectivity index is 0.000000601. The van der Waals surface area contributed by atoms with Gasteiger partial charge in [-0.1, -0.05) is 74.4 Å². The van der Waals surface area contributed by atoms with Crippen molar-refractivity contribution in [3.05, 3.63) is 83.0 Å². The van der Waals surface area contributed by atoms with Crippen molar-refractivity contribution in [1.82, 2.24) is 0 Å². The molecule has 0 spiro atoms. The summed E-state index contributed by atoms with van der Waals surface area (Å²) in [4.78, 5) is 0. The predicted molar refractivity (Wildman–Crippen MR) is 110 cm³/mol. The quantitative estimate of drug-likeness (QED) is 0.334. The van der Waals surface area contributed by atoms with Crippen molar-refractivity contribution >= 4 is 5.43 Å². The molecule has 2 aliphatic carbocycles. The van der Waals surface area contributed by atoms with Crippen LogP contribution in [0.5, 0.6) is 0 Å². The van der Waals surface area contributed by atoms with Crippen LogP contribution in [0.3, 0.4) is 0 Å². The second kappa shape index (κ2) is 10.6. The molecule has 2 aromatic carbocycles. The molecule has 4 heteroatoms. The van der Waals surface area contributed by atoms with Crippen LogP contribution in [-0.4, -0.2) is 5.43 Å². The summed E-state index contributed by atoms with van der Waals surface area (Å²) in [6, 6.07) is 16.9. The van der Waals surface area contributed by atoms with E-state index in [9.17, 15) is 0 Å². The molecule has 0 nitrogen and oxygen atoms in total. The summed E-state index contributed by atoms with van der Waals surface area (Å²) in [5, 5.41) is 0. The number of fused-ring (bicyclic) bond motifs is 3. The van der Waals surface area contributed by atoms with Crippen LogP contribution in [-0.2, 0) is 29.8 Å². The van der Waals surface area contributed by atoms with Gasteiger partial charge in [0.1, 0.15) is 0 Å². The van der Waals surface area contributed by atoms with Crippen LogP contribution in [0.4, 0.5) is 0 Å². The van der Waals surface area contributed by atoms with Gasteiger partial charge in [0, 0.05) is 0 Å². The summed E-state index contributed by atoms with van der Waals surface area (Å²) in [5.74, 6) is 0.378. The van der Waals surface area contributed by atoms with Gasteiger partial charge in [-0.05, 0) is 23.3 Å². The third-order valence-corrected chi connectivity index (χ3v) is 4.79. The van der Waals surface area contributed by atoms with E-state index in [1.807, 2.05) is 0 Å². The Bertz CT molecular complexity index is 903. The van der Waals surface area contributed by atoms with E-state index >= 15 is 0 Å². The van der Waals surface area contributed by atoms with E-state index in [1.165, 1.54) is 33.4 Å². The largest absolute Gasteiger partial charge is 1.00 e. The molecule has 0 aromatic heterocycles. The second-order valence-electron chi connectivity index (χ2n) is 8.40. The molecule has 0 bridgehead atoms. The maximum absolute atomic E-state index is 3.69. The van der Waals surface area contributed by atoms with Crippen LogP contribution in [0.2, 0.25) is 13.1 Å². The van der Waals surface area contributed by atoms with Crippen molar-refractivity contribution in [3.8, 4) is 11.1 Å². The Morgan fingerprint density at radius 2 is 1.64 bits per heavy atom. The first-order chi connectivity index (χ1) is 12.3. The molecule has 0 saturated carbocycles. The van der Waals surface area contributed by atoms with Crippen LogP contribution < -0.4 is 24.8 Å². The summed E-state index contributed by atoms with van der Waals surface area (Å²) in [6.07, 6.45) is 7.99. The van der Waals surface area contributed by atoms with E-state index in [0.717, 1.165) is 6.42 Å². The van der Waals surface area contributed by atoms with Crippen LogP contribution in [0.15, 0.2) is 60.2 Å². The molecule has 0 radical (unpaired) electrons. The van der Waals surface area contributed by atoms with Crippen molar-refractivity contribution in [2.24, 2.45) is 5.41 Å². The van der Waals surface area contributed by atoms with E-state index < -0.39 is 0 Å². The molecule has 1 atom stereocenters. The Morgan fingerprint density at radius 1 is 1.00 bits per heavy atom. The summed E-state index contributed by atoms with van der Waals surface area (Å²) in [5.41, 5.74) is 8.68. The van der Waals surface area contributed by atoms with E-state index in [0.29, 0.717) is 5.92 Å². The SMILES string of the molecule is CC(C)(C)C1=CC(c2[c-]c3c(cc2)-c2ccccc2C3)C=C1.C[Si](C)=[Zr+2].[Cl-].[Cl-]. The summed E-state index contributed by atoms with van der Waals surface area (Å²) in [7, 11) is 0. The smallest absolute Gasteiger partial charge is 1.00 e. The van der Waals surface area contributed by atoms with Gasteiger partial charge in [-0.3, -0.25) is 0 Å². The molecule has 0 heterocycles. The van der Waals surface area contributed by atoms with E-state index in [2.05, 4.69) is 94.6 Å². The molecule has 0 amide bonds. The van der Waals surface area contributed by atoms with Crippen LogP contribution in [0.25, 0.3) is 11.1 Å². The summed E-state index contributed by atoms with van der Waals surface area (Å²) >= 11 is 1.74. The van der Waals surface area contributed by atoms with Crippen molar-refractivity contribution in [3.63, 3.8) is 0 Å². The van der Waals surface area contributed by atoms with Gasteiger partial charge in [-0.25, -0.2) is 0 Å². The topological polar surface area (TPSA) is 0 Å². The Hall–Kier alpha value is -0.400. The van der Waals surface area contributed by atoms with Crippen molar-refractivity contribution in [1.29, 1.82) is 0 Å². The van der Waals surface area contributed by atoms with Crippen molar-refractivity contribution in [2.45, 2.75) is 46.2 Å². The third-order valence-electron chi connectivity index (χ3n) is 4.79. The average Bonchev–Trinajstić information content (AvgIpc) is 3.18. The number of rotatable bonds is 1. The van der Waals surface area contributed by atoms with Crippen molar-refractivity contribution in [2.75, 3.05) is 0 Å². The first kappa shape index (κ1) is 25.6. The van der Waals surface area contributed by atoms with Gasteiger partial charge < -0.3 is 24.8 Å². The molecule has 1 unspecified atom stereocenters. The number of allylic oxidation sites excluding steroid dienone is 4. The fourth-order valence-corrected chi connectivity index (χ4v) is 3.48. The normalized spacial score (nSPS) is 16.0. The Morgan fingerprint density at radius 3 is 2.25 bits per heavy atom. The average molecular weight is 506 g/mol. The molecule has 4 rings (SSSR count). The van der Waals surface area contributed by atoms with E-state index in [-0.39, 0.29) is 35.7 Å². The second-order valence-corrected chi connectivity index (χ2v) is 17.8. The van der Waals surface area contributed by atoms with Gasteiger partial charge in [0.05, 0.1) is 0 Å². The zero-order valence-electron chi connectivity index (χ0n) is 17.2. The monoisotopic (exact) mass is 503 g/mol. The van der Waals surface area contributed by atoms with Crippen molar-refractivity contribution < 1.29 is 48.1 Å². The third kappa shape index (κ3) is 6.05. The van der Waals surface area contributed by atoms with E-state index in [4.69, 9.17) is 0 Å². The zero-order valence-corrected chi connectivity index (χ0v) is 22.2.